The number of nitrogens with zero attached hydrogens (tertiary/aromatic N) is 4. The van der Waals surface area contributed by atoms with Crippen molar-refractivity contribution in [1.29, 1.82) is 0 Å². The summed E-state index contributed by atoms with van der Waals surface area (Å²) in [5.74, 6) is 1.88. The van der Waals surface area contributed by atoms with Crippen LogP contribution in [0.4, 0.5) is 0 Å². The molecule has 0 atom stereocenters. The van der Waals surface area contributed by atoms with Crippen LogP contribution >= 0.6 is 0 Å². The highest BCUT2D eigenvalue weighted by Gasteiger charge is 2.47. The van der Waals surface area contributed by atoms with Gasteiger partial charge in [0.2, 0.25) is 0 Å². The van der Waals surface area contributed by atoms with Crippen molar-refractivity contribution in [2.24, 2.45) is 0 Å². The van der Waals surface area contributed by atoms with Gasteiger partial charge in [-0.1, -0.05) is 152 Å². The third-order valence-electron chi connectivity index (χ3n) is 9.46. The minimum Gasteiger partial charge on any atom is -0.256 e. The van der Waals surface area contributed by atoms with Gasteiger partial charge in [0.25, 0.3) is 0 Å². The number of rotatable bonds is 6. The SMILES string of the molecule is c1ccc(-c2nc(-c3ccccc3)nc(-c3cc(-c4ccccn4)cc4c3-c3ccccc3C4(c3ccccc3)c3ccccc3)n2)cc1. The molecule has 0 saturated heterocycles. The maximum absolute atomic E-state index is 5.24. The van der Waals surface area contributed by atoms with E-state index in [1.54, 1.807) is 0 Å². The molecule has 0 fully saturated rings. The summed E-state index contributed by atoms with van der Waals surface area (Å²) in [6.45, 7) is 0. The molecule has 0 aliphatic heterocycles. The van der Waals surface area contributed by atoms with Crippen molar-refractivity contribution in [3.05, 3.63) is 204 Å². The highest BCUT2D eigenvalue weighted by Crippen LogP contribution is 2.58. The van der Waals surface area contributed by atoms with Crippen LogP contribution in [0.5, 0.6) is 0 Å². The molecule has 4 heteroatoms. The van der Waals surface area contributed by atoms with Crippen LogP contribution in [-0.4, -0.2) is 19.9 Å². The monoisotopic (exact) mass is 626 g/mol. The lowest BCUT2D eigenvalue weighted by molar-refractivity contribution is 0.768. The maximum Gasteiger partial charge on any atom is 0.164 e. The molecule has 0 unspecified atom stereocenters. The Morgan fingerprint density at radius 1 is 0.367 bits per heavy atom. The number of pyridine rings is 1. The Morgan fingerprint density at radius 2 is 0.878 bits per heavy atom. The van der Waals surface area contributed by atoms with E-state index in [2.05, 4.69) is 103 Å². The zero-order valence-electron chi connectivity index (χ0n) is 26.6. The molecule has 230 valence electrons. The molecular formula is C45H30N4. The molecule has 2 heterocycles. The number of hydrogen-bond acceptors (Lipinski definition) is 4. The van der Waals surface area contributed by atoms with Crippen molar-refractivity contribution in [3.8, 4) is 56.5 Å². The van der Waals surface area contributed by atoms with Gasteiger partial charge in [-0.25, -0.2) is 15.0 Å². The van der Waals surface area contributed by atoms with E-state index >= 15 is 0 Å². The minimum absolute atomic E-state index is 0.592. The van der Waals surface area contributed by atoms with Gasteiger partial charge in [0.1, 0.15) is 0 Å². The van der Waals surface area contributed by atoms with Gasteiger partial charge in [0.05, 0.1) is 11.1 Å². The van der Waals surface area contributed by atoms with E-state index in [-0.39, 0.29) is 0 Å². The van der Waals surface area contributed by atoms with Crippen molar-refractivity contribution in [2.45, 2.75) is 5.41 Å². The average Bonchev–Trinajstić information content (AvgIpc) is 3.50. The zero-order chi connectivity index (χ0) is 32.6. The third-order valence-corrected chi connectivity index (χ3v) is 9.46. The molecule has 0 radical (unpaired) electrons. The molecule has 9 rings (SSSR count). The van der Waals surface area contributed by atoms with Crippen LogP contribution in [0.25, 0.3) is 56.5 Å². The van der Waals surface area contributed by atoms with E-state index in [4.69, 9.17) is 19.9 Å². The van der Waals surface area contributed by atoms with Crippen molar-refractivity contribution in [1.82, 2.24) is 19.9 Å². The van der Waals surface area contributed by atoms with E-state index in [1.807, 2.05) is 79.0 Å². The topological polar surface area (TPSA) is 51.6 Å². The molecule has 0 amide bonds. The number of hydrogen-bond donors (Lipinski definition) is 0. The van der Waals surface area contributed by atoms with Crippen LogP contribution in [0.1, 0.15) is 22.3 Å². The summed E-state index contributed by atoms with van der Waals surface area (Å²) >= 11 is 0. The standard InChI is InChI=1S/C45H30N4/c1-5-17-31(18-6-1)42-47-43(32-19-7-2-8-20-32)49-44(48-42)37-29-33(40-27-15-16-28-46-40)30-39-41(37)36-25-13-14-26-38(36)45(39,34-21-9-3-10-22-34)35-23-11-4-12-24-35/h1-30H. The predicted molar refractivity (Wildman–Crippen MR) is 197 cm³/mol. The lowest BCUT2D eigenvalue weighted by atomic mass is 9.67. The zero-order valence-corrected chi connectivity index (χ0v) is 26.6. The van der Waals surface area contributed by atoms with Crippen molar-refractivity contribution < 1.29 is 0 Å². The summed E-state index contributed by atoms with van der Waals surface area (Å²) in [4.78, 5) is 20.3. The van der Waals surface area contributed by atoms with E-state index < -0.39 is 5.41 Å². The molecular weight excluding hydrogens is 597 g/mol. The maximum atomic E-state index is 5.24. The fourth-order valence-electron chi connectivity index (χ4n) is 7.35. The molecule has 4 nitrogen and oxygen atoms in total. The van der Waals surface area contributed by atoms with Gasteiger partial charge in [0, 0.05) is 28.5 Å². The summed E-state index contributed by atoms with van der Waals surface area (Å²) < 4.78 is 0. The first-order chi connectivity index (χ1) is 24.3. The van der Waals surface area contributed by atoms with Gasteiger partial charge >= 0.3 is 0 Å². The van der Waals surface area contributed by atoms with Gasteiger partial charge in [-0.15, -0.1) is 0 Å². The summed E-state index contributed by atoms with van der Waals surface area (Å²) in [5, 5.41) is 0. The Hall–Kier alpha value is -6.52. The Bertz CT molecular complexity index is 2310. The molecule has 8 aromatic rings. The normalized spacial score (nSPS) is 12.7. The third kappa shape index (κ3) is 4.77. The molecule has 1 aliphatic carbocycles. The summed E-state index contributed by atoms with van der Waals surface area (Å²) in [7, 11) is 0. The van der Waals surface area contributed by atoms with Crippen LogP contribution in [0.3, 0.4) is 0 Å². The highest BCUT2D eigenvalue weighted by atomic mass is 15.0. The second-order valence-corrected chi connectivity index (χ2v) is 12.2. The summed E-state index contributed by atoms with van der Waals surface area (Å²) in [5.41, 5.74) is 11.2. The van der Waals surface area contributed by atoms with Crippen LogP contribution in [-0.2, 0) is 5.41 Å². The van der Waals surface area contributed by atoms with E-state index in [0.29, 0.717) is 17.5 Å². The Kier molecular flexibility index (Phi) is 6.98. The number of benzene rings is 6. The van der Waals surface area contributed by atoms with Gasteiger partial charge in [-0.3, -0.25) is 4.98 Å². The lowest BCUT2D eigenvalue weighted by Gasteiger charge is -2.34. The lowest BCUT2D eigenvalue weighted by Crippen LogP contribution is -2.28. The van der Waals surface area contributed by atoms with E-state index in [1.165, 1.54) is 22.3 Å². The van der Waals surface area contributed by atoms with Crippen LogP contribution in [0, 0.1) is 0 Å². The fourth-order valence-corrected chi connectivity index (χ4v) is 7.35. The smallest absolute Gasteiger partial charge is 0.164 e. The van der Waals surface area contributed by atoms with Crippen molar-refractivity contribution >= 4 is 0 Å². The van der Waals surface area contributed by atoms with Crippen LogP contribution < -0.4 is 0 Å². The van der Waals surface area contributed by atoms with Crippen molar-refractivity contribution in [2.75, 3.05) is 0 Å². The molecule has 1 aliphatic rings. The van der Waals surface area contributed by atoms with Crippen molar-refractivity contribution in [3.63, 3.8) is 0 Å². The Labute approximate surface area is 285 Å². The quantitative estimate of drug-likeness (QED) is 0.184. The summed E-state index contributed by atoms with van der Waals surface area (Å²) in [6, 6.07) is 61.4. The predicted octanol–water partition coefficient (Wildman–Crippen LogP) is 10.3. The van der Waals surface area contributed by atoms with Gasteiger partial charge in [-0.2, -0.15) is 0 Å². The van der Waals surface area contributed by atoms with E-state index in [0.717, 1.165) is 39.1 Å². The molecule has 2 aromatic heterocycles. The van der Waals surface area contributed by atoms with Crippen LogP contribution in [0.15, 0.2) is 182 Å². The summed E-state index contributed by atoms with van der Waals surface area (Å²) in [6.07, 6.45) is 1.85. The Morgan fingerprint density at radius 3 is 1.45 bits per heavy atom. The Balaban J connectivity index is 1.43. The largest absolute Gasteiger partial charge is 0.256 e. The second-order valence-electron chi connectivity index (χ2n) is 12.2. The first-order valence-corrected chi connectivity index (χ1v) is 16.5. The molecule has 0 spiro atoms. The van der Waals surface area contributed by atoms with Gasteiger partial charge in [-0.05, 0) is 57.6 Å². The minimum atomic E-state index is -0.592. The molecule has 0 saturated carbocycles. The molecule has 0 N–H and O–H groups in total. The number of fused-ring (bicyclic) bond motifs is 3. The first kappa shape index (κ1) is 28.7. The second kappa shape index (κ2) is 11.9. The fraction of sp³-hybridized carbons (Fsp3) is 0.0222. The average molecular weight is 627 g/mol. The molecule has 49 heavy (non-hydrogen) atoms. The molecule has 6 aromatic carbocycles. The van der Waals surface area contributed by atoms with Crippen LogP contribution in [0.2, 0.25) is 0 Å². The van der Waals surface area contributed by atoms with E-state index in [9.17, 15) is 0 Å². The van der Waals surface area contributed by atoms with Gasteiger partial charge < -0.3 is 0 Å². The molecule has 0 bridgehead atoms. The van der Waals surface area contributed by atoms with Gasteiger partial charge in [0.15, 0.2) is 17.5 Å². The highest BCUT2D eigenvalue weighted by molar-refractivity contribution is 5.96. The number of aromatic nitrogens is 4. The first-order valence-electron chi connectivity index (χ1n) is 16.5.